The molecule has 0 aliphatic carbocycles. The molecule has 0 radical (unpaired) electrons. The fourth-order valence-corrected chi connectivity index (χ4v) is 1.50. The highest BCUT2D eigenvalue weighted by atomic mass is 16.5. The third-order valence-electron chi connectivity index (χ3n) is 2.34. The number of methoxy groups -OCH3 is 1. The Hall–Kier alpha value is -1.20. The lowest BCUT2D eigenvalue weighted by Crippen LogP contribution is -2.13. The highest BCUT2D eigenvalue weighted by Gasteiger charge is 2.11. The number of nitrogens with zero attached hydrogens (tertiary/aromatic N) is 2. The summed E-state index contributed by atoms with van der Waals surface area (Å²) in [6, 6.07) is 1.76. The molecule has 0 atom stereocenters. The Labute approximate surface area is 102 Å². The maximum atomic E-state index is 11.9. The van der Waals surface area contributed by atoms with Gasteiger partial charge in [-0.3, -0.25) is 9.48 Å². The van der Waals surface area contributed by atoms with Gasteiger partial charge in [0.1, 0.15) is 5.69 Å². The minimum atomic E-state index is 0.0772. The second-order valence-electron chi connectivity index (χ2n) is 3.72. The zero-order valence-corrected chi connectivity index (χ0v) is 10.5. The van der Waals surface area contributed by atoms with Crippen molar-refractivity contribution < 1.29 is 14.3 Å². The molecule has 5 heteroatoms. The van der Waals surface area contributed by atoms with Crippen LogP contribution in [0.25, 0.3) is 0 Å². The summed E-state index contributed by atoms with van der Waals surface area (Å²) in [5.41, 5.74) is 0.669. The van der Waals surface area contributed by atoms with Crippen LogP contribution in [0.15, 0.2) is 12.3 Å². The van der Waals surface area contributed by atoms with Gasteiger partial charge < -0.3 is 9.47 Å². The van der Waals surface area contributed by atoms with Gasteiger partial charge >= 0.3 is 0 Å². The summed E-state index contributed by atoms with van der Waals surface area (Å²) < 4.78 is 11.9. The Bertz CT molecular complexity index is 336. The molecule has 0 bridgehead atoms. The van der Waals surface area contributed by atoms with Gasteiger partial charge in [-0.05, 0) is 12.5 Å². The van der Waals surface area contributed by atoms with Gasteiger partial charge in [0.2, 0.25) is 0 Å². The molecule has 0 unspecified atom stereocenters. The van der Waals surface area contributed by atoms with Crippen LogP contribution in [0.2, 0.25) is 0 Å². The van der Waals surface area contributed by atoms with E-state index in [1.807, 2.05) is 0 Å². The van der Waals surface area contributed by atoms with Crippen molar-refractivity contribution in [2.45, 2.75) is 26.3 Å². The van der Waals surface area contributed by atoms with Gasteiger partial charge in [-0.1, -0.05) is 6.92 Å². The third kappa shape index (κ3) is 4.66. The normalized spacial score (nSPS) is 10.7. The fourth-order valence-electron chi connectivity index (χ4n) is 1.50. The molecule has 17 heavy (non-hydrogen) atoms. The van der Waals surface area contributed by atoms with Crippen LogP contribution in [0.1, 0.15) is 30.3 Å². The smallest absolute Gasteiger partial charge is 0.183 e. The number of hydrogen-bond donors (Lipinski definition) is 0. The van der Waals surface area contributed by atoms with Crippen LogP contribution >= 0.6 is 0 Å². The summed E-state index contributed by atoms with van der Waals surface area (Å²) in [6.07, 6.45) is 3.01. The van der Waals surface area contributed by atoms with Crippen LogP contribution in [0.5, 0.6) is 0 Å². The predicted octanol–water partition coefficient (Wildman–Crippen LogP) is 1.53. The zero-order valence-electron chi connectivity index (χ0n) is 10.5. The highest BCUT2D eigenvalue weighted by Crippen LogP contribution is 2.04. The van der Waals surface area contributed by atoms with E-state index in [1.165, 1.54) is 0 Å². The number of rotatable bonds is 9. The Kier molecular flexibility index (Phi) is 6.50. The quantitative estimate of drug-likeness (QED) is 0.485. The molecule has 0 fully saturated rings. The summed E-state index contributed by atoms with van der Waals surface area (Å²) in [6.45, 7) is 4.35. The summed E-state index contributed by atoms with van der Waals surface area (Å²) >= 11 is 0. The monoisotopic (exact) mass is 240 g/mol. The average Bonchev–Trinajstić information content (AvgIpc) is 2.77. The van der Waals surface area contributed by atoms with E-state index in [-0.39, 0.29) is 5.78 Å². The summed E-state index contributed by atoms with van der Waals surface area (Å²) in [5.74, 6) is 0.0772. The molecule has 0 saturated carbocycles. The van der Waals surface area contributed by atoms with Gasteiger partial charge in [0.15, 0.2) is 5.78 Å². The largest absolute Gasteiger partial charge is 0.382 e. The molecule has 1 rings (SSSR count). The van der Waals surface area contributed by atoms with Gasteiger partial charge in [0.05, 0.1) is 19.8 Å². The Morgan fingerprint density at radius 2 is 2.24 bits per heavy atom. The number of ketones is 1. The maximum Gasteiger partial charge on any atom is 0.183 e. The van der Waals surface area contributed by atoms with Crippen LogP contribution in [-0.4, -0.2) is 42.5 Å². The van der Waals surface area contributed by atoms with E-state index in [0.717, 1.165) is 13.0 Å². The van der Waals surface area contributed by atoms with Crippen molar-refractivity contribution >= 4 is 5.78 Å². The SMILES string of the molecule is CCCn1nccc1C(=O)CCOCCOC. The number of Topliss-reactive ketones (excluding diaryl/α,β-unsaturated/α-hetero) is 1. The van der Waals surface area contributed by atoms with E-state index >= 15 is 0 Å². The first-order valence-corrected chi connectivity index (χ1v) is 5.91. The standard InChI is InChI=1S/C12H20N2O3/c1-3-7-14-11(4-6-13-14)12(15)5-8-17-10-9-16-2/h4,6H,3,5,7-10H2,1-2H3. The maximum absolute atomic E-state index is 11.9. The van der Waals surface area contributed by atoms with E-state index < -0.39 is 0 Å². The molecule has 5 nitrogen and oxygen atoms in total. The van der Waals surface area contributed by atoms with E-state index in [0.29, 0.717) is 31.9 Å². The van der Waals surface area contributed by atoms with Gasteiger partial charge in [0.25, 0.3) is 0 Å². The number of carbonyl (C=O) groups is 1. The Morgan fingerprint density at radius 3 is 2.94 bits per heavy atom. The molecule has 0 aliphatic heterocycles. The lowest BCUT2D eigenvalue weighted by atomic mass is 10.2. The average molecular weight is 240 g/mol. The third-order valence-corrected chi connectivity index (χ3v) is 2.34. The molecule has 0 saturated heterocycles. The molecule has 0 spiro atoms. The Balaban J connectivity index is 2.33. The van der Waals surface area contributed by atoms with Gasteiger partial charge in [0, 0.05) is 26.3 Å². The van der Waals surface area contributed by atoms with Crippen molar-refractivity contribution in [3.05, 3.63) is 18.0 Å². The van der Waals surface area contributed by atoms with Crippen molar-refractivity contribution in [3.8, 4) is 0 Å². The second kappa shape index (κ2) is 7.97. The van der Waals surface area contributed by atoms with Gasteiger partial charge in [-0.25, -0.2) is 0 Å². The molecule has 0 N–H and O–H groups in total. The number of carbonyl (C=O) groups excluding carboxylic acids is 1. The van der Waals surface area contributed by atoms with Gasteiger partial charge in [-0.2, -0.15) is 5.10 Å². The van der Waals surface area contributed by atoms with Crippen molar-refractivity contribution in [2.24, 2.45) is 0 Å². The first-order valence-electron chi connectivity index (χ1n) is 5.91. The Morgan fingerprint density at radius 1 is 1.41 bits per heavy atom. The molecular formula is C12H20N2O3. The van der Waals surface area contributed by atoms with Crippen LogP contribution in [0, 0.1) is 0 Å². The molecule has 0 aromatic carbocycles. The number of hydrogen-bond acceptors (Lipinski definition) is 4. The number of aryl methyl sites for hydroxylation is 1. The number of ether oxygens (including phenoxy) is 2. The van der Waals surface area contributed by atoms with Crippen molar-refractivity contribution in [1.29, 1.82) is 0 Å². The minimum Gasteiger partial charge on any atom is -0.382 e. The lowest BCUT2D eigenvalue weighted by molar-refractivity contribution is 0.0637. The zero-order chi connectivity index (χ0) is 12.5. The molecule has 96 valence electrons. The highest BCUT2D eigenvalue weighted by molar-refractivity contribution is 5.94. The second-order valence-corrected chi connectivity index (χ2v) is 3.72. The van der Waals surface area contributed by atoms with Crippen molar-refractivity contribution in [3.63, 3.8) is 0 Å². The van der Waals surface area contributed by atoms with E-state index in [4.69, 9.17) is 9.47 Å². The molecule has 0 aliphatic rings. The fraction of sp³-hybridized carbons (Fsp3) is 0.667. The lowest BCUT2D eigenvalue weighted by Gasteiger charge is -2.05. The summed E-state index contributed by atoms with van der Waals surface area (Å²) in [7, 11) is 1.62. The summed E-state index contributed by atoms with van der Waals surface area (Å²) in [4.78, 5) is 11.9. The van der Waals surface area contributed by atoms with Crippen LogP contribution in [0.3, 0.4) is 0 Å². The molecule has 0 amide bonds. The topological polar surface area (TPSA) is 53.4 Å². The first-order chi connectivity index (χ1) is 8.29. The van der Waals surface area contributed by atoms with E-state index in [9.17, 15) is 4.79 Å². The molecular weight excluding hydrogens is 220 g/mol. The van der Waals surface area contributed by atoms with Crippen molar-refractivity contribution in [2.75, 3.05) is 26.9 Å². The predicted molar refractivity (Wildman–Crippen MR) is 64.2 cm³/mol. The van der Waals surface area contributed by atoms with Crippen LogP contribution in [0.4, 0.5) is 0 Å². The summed E-state index contributed by atoms with van der Waals surface area (Å²) in [5, 5.41) is 4.12. The van der Waals surface area contributed by atoms with Crippen LogP contribution < -0.4 is 0 Å². The molecule has 1 aromatic heterocycles. The van der Waals surface area contributed by atoms with Crippen molar-refractivity contribution in [1.82, 2.24) is 9.78 Å². The van der Waals surface area contributed by atoms with E-state index in [1.54, 1.807) is 24.1 Å². The number of aromatic nitrogens is 2. The van der Waals surface area contributed by atoms with E-state index in [2.05, 4.69) is 12.0 Å². The molecule has 1 aromatic rings. The first kappa shape index (κ1) is 13.9. The van der Waals surface area contributed by atoms with Crippen LogP contribution in [-0.2, 0) is 16.0 Å². The molecule has 1 heterocycles. The van der Waals surface area contributed by atoms with Gasteiger partial charge in [-0.15, -0.1) is 0 Å². The minimum absolute atomic E-state index is 0.0772.